The lowest BCUT2D eigenvalue weighted by molar-refractivity contribution is 0.0356. The third-order valence-electron chi connectivity index (χ3n) is 6.49. The molecule has 0 saturated carbocycles. The minimum Gasteiger partial charge on any atom is -0.489 e. The van der Waals surface area contributed by atoms with Crippen LogP contribution in [-0.4, -0.2) is 43.5 Å². The minimum absolute atomic E-state index is 0.0572. The maximum absolute atomic E-state index is 13.6. The van der Waals surface area contributed by atoms with Crippen molar-refractivity contribution in [2.75, 3.05) is 0 Å². The molecule has 2 fully saturated rings. The number of aromatic nitrogens is 3. The van der Waals surface area contributed by atoms with Gasteiger partial charge in [0.15, 0.2) is 0 Å². The molecule has 0 aliphatic carbocycles. The number of carbonyl (C=O) groups is 1. The Bertz CT molecular complexity index is 1180. The van der Waals surface area contributed by atoms with Gasteiger partial charge in [-0.25, -0.2) is 4.98 Å². The molecule has 5 rings (SSSR count). The van der Waals surface area contributed by atoms with Gasteiger partial charge in [-0.2, -0.15) is 0 Å². The van der Waals surface area contributed by atoms with Gasteiger partial charge in [0.1, 0.15) is 23.1 Å². The van der Waals surface area contributed by atoms with Gasteiger partial charge in [-0.1, -0.05) is 0 Å². The highest BCUT2D eigenvalue weighted by atomic mass is 16.5. The molecule has 1 amide bonds. The van der Waals surface area contributed by atoms with Gasteiger partial charge >= 0.3 is 0 Å². The van der Waals surface area contributed by atoms with E-state index >= 15 is 0 Å². The third-order valence-corrected chi connectivity index (χ3v) is 6.49. The van der Waals surface area contributed by atoms with Crippen molar-refractivity contribution in [3.8, 4) is 5.75 Å². The van der Waals surface area contributed by atoms with Crippen LogP contribution >= 0.6 is 0 Å². The van der Waals surface area contributed by atoms with Crippen molar-refractivity contribution in [3.63, 3.8) is 0 Å². The van der Waals surface area contributed by atoms with Crippen molar-refractivity contribution in [1.82, 2.24) is 19.4 Å². The Labute approximate surface area is 180 Å². The number of hydrogen-bond donors (Lipinski definition) is 0. The Kier molecular flexibility index (Phi) is 4.96. The molecular weight excluding hydrogens is 392 g/mol. The zero-order valence-electron chi connectivity index (χ0n) is 17.8. The molecule has 0 spiro atoms. The Morgan fingerprint density at radius 3 is 2.65 bits per heavy atom. The second-order valence-electron chi connectivity index (χ2n) is 8.48. The number of carbonyl (C=O) groups excluding carboxylic acids is 1. The summed E-state index contributed by atoms with van der Waals surface area (Å²) in [5.41, 5.74) is 1.49. The predicted octanol–water partition coefficient (Wildman–Crippen LogP) is 3.33. The number of ether oxygens (including phenoxy) is 1. The molecule has 2 bridgehead atoms. The number of aryl methyl sites for hydroxylation is 2. The number of pyridine rings is 3. The van der Waals surface area contributed by atoms with Crippen LogP contribution in [0.1, 0.15) is 48.7 Å². The van der Waals surface area contributed by atoms with Crippen LogP contribution in [0, 0.1) is 6.92 Å². The topological polar surface area (TPSA) is 77.3 Å². The van der Waals surface area contributed by atoms with Crippen LogP contribution < -0.4 is 10.2 Å². The van der Waals surface area contributed by atoms with Crippen molar-refractivity contribution in [2.45, 2.75) is 64.3 Å². The standard InChI is InChI=1S/C24H26N4O3/c1-3-27-14-21(22(29)20-9-6-15(2)26-23(20)27)24(30)28-16-7-8-17(28)12-19(11-16)31-18-5-4-10-25-13-18/h4-6,9-10,13-14,16-17,19H,3,7-8,11-12H2,1-2H3. The van der Waals surface area contributed by atoms with E-state index < -0.39 is 0 Å². The molecule has 0 aromatic carbocycles. The molecular formula is C24H26N4O3. The zero-order valence-corrected chi connectivity index (χ0v) is 17.8. The van der Waals surface area contributed by atoms with E-state index in [2.05, 4.69) is 9.97 Å². The van der Waals surface area contributed by atoms with Crippen LogP contribution in [0.4, 0.5) is 0 Å². The first-order valence-electron chi connectivity index (χ1n) is 10.9. The highest BCUT2D eigenvalue weighted by molar-refractivity contribution is 5.97. The number of fused-ring (bicyclic) bond motifs is 3. The van der Waals surface area contributed by atoms with E-state index in [0.717, 1.165) is 37.1 Å². The monoisotopic (exact) mass is 418 g/mol. The van der Waals surface area contributed by atoms with Gasteiger partial charge in [0.25, 0.3) is 5.91 Å². The van der Waals surface area contributed by atoms with Crippen molar-refractivity contribution in [2.24, 2.45) is 0 Å². The Morgan fingerprint density at radius 1 is 1.19 bits per heavy atom. The van der Waals surface area contributed by atoms with Crippen molar-refractivity contribution >= 4 is 16.9 Å². The average Bonchev–Trinajstić information content (AvgIpc) is 3.04. The SMILES string of the molecule is CCn1cc(C(=O)N2C3CCC2CC(Oc2cccnc2)C3)c(=O)c2ccc(C)nc21. The second kappa shape index (κ2) is 7.80. The van der Waals surface area contributed by atoms with Gasteiger partial charge in [-0.15, -0.1) is 0 Å². The summed E-state index contributed by atoms with van der Waals surface area (Å²) >= 11 is 0. The van der Waals surface area contributed by atoms with Crippen LogP contribution in [0.15, 0.2) is 47.7 Å². The van der Waals surface area contributed by atoms with E-state index in [1.165, 1.54) is 0 Å². The lowest BCUT2D eigenvalue weighted by atomic mass is 9.98. The van der Waals surface area contributed by atoms with Gasteiger partial charge in [0.2, 0.25) is 5.43 Å². The maximum atomic E-state index is 13.6. The van der Waals surface area contributed by atoms with Crippen LogP contribution in [0.25, 0.3) is 11.0 Å². The molecule has 2 aliphatic heterocycles. The molecule has 7 heteroatoms. The molecule has 2 saturated heterocycles. The quantitative estimate of drug-likeness (QED) is 0.650. The molecule has 2 atom stereocenters. The van der Waals surface area contributed by atoms with Gasteiger partial charge < -0.3 is 14.2 Å². The lowest BCUT2D eigenvalue weighted by Crippen LogP contribution is -2.50. The summed E-state index contributed by atoms with van der Waals surface area (Å²) in [7, 11) is 0. The molecule has 0 radical (unpaired) electrons. The molecule has 3 aromatic rings. The summed E-state index contributed by atoms with van der Waals surface area (Å²) in [6, 6.07) is 7.56. The second-order valence-corrected chi connectivity index (χ2v) is 8.48. The molecule has 0 N–H and O–H groups in total. The first kappa shape index (κ1) is 19.7. The summed E-state index contributed by atoms with van der Waals surface area (Å²) < 4.78 is 8.02. The number of nitrogens with zero attached hydrogens (tertiary/aromatic N) is 4. The summed E-state index contributed by atoms with van der Waals surface area (Å²) in [6.45, 7) is 4.53. The molecule has 2 unspecified atom stereocenters. The summed E-state index contributed by atoms with van der Waals surface area (Å²) in [5, 5.41) is 0.500. The highest BCUT2D eigenvalue weighted by Crippen LogP contribution is 2.38. The van der Waals surface area contributed by atoms with E-state index in [0.29, 0.717) is 17.6 Å². The first-order chi connectivity index (χ1) is 15.0. The number of rotatable bonds is 4. The Hall–Kier alpha value is -3.22. The van der Waals surface area contributed by atoms with E-state index in [4.69, 9.17) is 4.74 Å². The van der Waals surface area contributed by atoms with Crippen molar-refractivity contribution in [3.05, 3.63) is 64.3 Å². The van der Waals surface area contributed by atoms with E-state index in [1.54, 1.807) is 24.7 Å². The van der Waals surface area contributed by atoms with Gasteiger partial charge in [-0.05, 0) is 51.0 Å². The molecule has 31 heavy (non-hydrogen) atoms. The molecule has 2 aliphatic rings. The summed E-state index contributed by atoms with van der Waals surface area (Å²) in [4.78, 5) is 37.3. The minimum atomic E-state index is -0.231. The smallest absolute Gasteiger partial charge is 0.259 e. The van der Waals surface area contributed by atoms with Crippen LogP contribution in [0.3, 0.4) is 0 Å². The fraction of sp³-hybridized carbons (Fsp3) is 0.417. The third kappa shape index (κ3) is 3.48. The first-order valence-corrected chi connectivity index (χ1v) is 10.9. The van der Waals surface area contributed by atoms with E-state index in [-0.39, 0.29) is 35.1 Å². The molecule has 3 aromatic heterocycles. The van der Waals surface area contributed by atoms with Gasteiger partial charge in [-0.3, -0.25) is 14.6 Å². The van der Waals surface area contributed by atoms with Crippen molar-refractivity contribution < 1.29 is 9.53 Å². The normalized spacial score (nSPS) is 22.6. The summed E-state index contributed by atoms with van der Waals surface area (Å²) in [6.07, 6.45) is 8.62. The molecule has 160 valence electrons. The van der Waals surface area contributed by atoms with Crippen molar-refractivity contribution in [1.29, 1.82) is 0 Å². The lowest BCUT2D eigenvalue weighted by Gasteiger charge is -2.38. The maximum Gasteiger partial charge on any atom is 0.259 e. The molecule has 5 heterocycles. The molecule has 7 nitrogen and oxygen atoms in total. The predicted molar refractivity (Wildman–Crippen MR) is 117 cm³/mol. The number of piperidine rings is 1. The fourth-order valence-electron chi connectivity index (χ4n) is 5.06. The fourth-order valence-corrected chi connectivity index (χ4v) is 5.06. The largest absolute Gasteiger partial charge is 0.489 e. The number of hydrogen-bond acceptors (Lipinski definition) is 5. The van der Waals surface area contributed by atoms with E-state index in [1.807, 2.05) is 41.5 Å². The zero-order chi connectivity index (χ0) is 21.5. The van der Waals surface area contributed by atoms with Crippen LogP contribution in [0.5, 0.6) is 5.75 Å². The average molecular weight is 418 g/mol. The van der Waals surface area contributed by atoms with Crippen LogP contribution in [0.2, 0.25) is 0 Å². The van der Waals surface area contributed by atoms with Gasteiger partial charge in [0.05, 0.1) is 11.6 Å². The Balaban J connectivity index is 1.44. The Morgan fingerprint density at radius 2 is 1.97 bits per heavy atom. The van der Waals surface area contributed by atoms with E-state index in [9.17, 15) is 9.59 Å². The number of amides is 1. The highest BCUT2D eigenvalue weighted by Gasteiger charge is 2.44. The van der Waals surface area contributed by atoms with Gasteiger partial charge in [0, 0.05) is 49.6 Å². The van der Waals surface area contributed by atoms with Crippen LogP contribution in [-0.2, 0) is 6.54 Å². The summed E-state index contributed by atoms with van der Waals surface area (Å²) in [5.74, 6) is 0.594.